The number of amides is 3. The monoisotopic (exact) mass is 318 g/mol. The molecule has 0 fully saturated rings. The highest BCUT2D eigenvalue weighted by Crippen LogP contribution is 2.01. The second-order valence-electron chi connectivity index (χ2n) is 4.33. The molecule has 0 unspecified atom stereocenters. The summed E-state index contributed by atoms with van der Waals surface area (Å²) in [5, 5.41) is 21.7. The SMILES string of the molecule is NCC(=O)N[C@@H](CCC(=O)O)C(=O)N[C@@H](CC(N)=O)C(=O)O. The summed E-state index contributed by atoms with van der Waals surface area (Å²) in [5.41, 5.74) is 9.94. The van der Waals surface area contributed by atoms with Crippen molar-refractivity contribution in [2.75, 3.05) is 6.54 Å². The predicted molar refractivity (Wildman–Crippen MR) is 71.2 cm³/mol. The summed E-state index contributed by atoms with van der Waals surface area (Å²) < 4.78 is 0. The van der Waals surface area contributed by atoms with Crippen molar-refractivity contribution in [3.05, 3.63) is 0 Å². The van der Waals surface area contributed by atoms with Crippen LogP contribution in [0.3, 0.4) is 0 Å². The van der Waals surface area contributed by atoms with Crippen LogP contribution in [0.5, 0.6) is 0 Å². The molecule has 0 bridgehead atoms. The van der Waals surface area contributed by atoms with Gasteiger partial charge < -0.3 is 32.3 Å². The van der Waals surface area contributed by atoms with Crippen LogP contribution in [0.2, 0.25) is 0 Å². The second kappa shape index (κ2) is 9.28. The highest BCUT2D eigenvalue weighted by molar-refractivity contribution is 5.92. The van der Waals surface area contributed by atoms with Gasteiger partial charge in [0.15, 0.2) is 0 Å². The number of carboxylic acids is 2. The molecule has 0 aliphatic carbocycles. The van der Waals surface area contributed by atoms with Crippen LogP contribution in [0.4, 0.5) is 0 Å². The van der Waals surface area contributed by atoms with Crippen molar-refractivity contribution in [2.24, 2.45) is 11.5 Å². The van der Waals surface area contributed by atoms with Gasteiger partial charge in [-0.05, 0) is 6.42 Å². The first-order chi connectivity index (χ1) is 10.2. The minimum atomic E-state index is -1.58. The van der Waals surface area contributed by atoms with Crippen LogP contribution in [0, 0.1) is 0 Å². The van der Waals surface area contributed by atoms with E-state index in [-0.39, 0.29) is 6.42 Å². The number of nitrogens with one attached hydrogen (secondary N) is 2. The molecule has 0 saturated heterocycles. The van der Waals surface area contributed by atoms with Gasteiger partial charge >= 0.3 is 11.9 Å². The van der Waals surface area contributed by atoms with E-state index in [4.69, 9.17) is 21.7 Å². The molecule has 0 aromatic carbocycles. The Kier molecular flexibility index (Phi) is 8.15. The van der Waals surface area contributed by atoms with Crippen LogP contribution in [0.1, 0.15) is 19.3 Å². The van der Waals surface area contributed by atoms with Gasteiger partial charge in [0, 0.05) is 6.42 Å². The second-order valence-corrected chi connectivity index (χ2v) is 4.33. The lowest BCUT2D eigenvalue weighted by atomic mass is 10.1. The quantitative estimate of drug-likeness (QED) is 0.241. The number of hydrogen-bond donors (Lipinski definition) is 6. The van der Waals surface area contributed by atoms with Gasteiger partial charge in [0.2, 0.25) is 17.7 Å². The zero-order valence-corrected chi connectivity index (χ0v) is 11.6. The summed E-state index contributed by atoms with van der Waals surface area (Å²) in [4.78, 5) is 55.3. The Hall–Kier alpha value is -2.69. The van der Waals surface area contributed by atoms with Crippen LogP contribution < -0.4 is 22.1 Å². The van der Waals surface area contributed by atoms with Crippen LogP contribution in [-0.4, -0.2) is 58.5 Å². The molecule has 0 heterocycles. The number of primary amides is 1. The third-order valence-electron chi connectivity index (χ3n) is 2.50. The zero-order valence-electron chi connectivity index (χ0n) is 11.6. The number of nitrogens with two attached hydrogens (primary N) is 2. The Labute approximate surface area is 125 Å². The third-order valence-corrected chi connectivity index (χ3v) is 2.50. The third kappa shape index (κ3) is 7.79. The lowest BCUT2D eigenvalue weighted by molar-refractivity contribution is -0.144. The minimum Gasteiger partial charge on any atom is -0.481 e. The first kappa shape index (κ1) is 19.3. The van der Waals surface area contributed by atoms with E-state index < -0.39 is 61.1 Å². The predicted octanol–water partition coefficient (Wildman–Crippen LogP) is -3.26. The van der Waals surface area contributed by atoms with Gasteiger partial charge in [0.25, 0.3) is 0 Å². The average Bonchev–Trinajstić information content (AvgIpc) is 2.41. The van der Waals surface area contributed by atoms with Gasteiger partial charge in [0.1, 0.15) is 12.1 Å². The van der Waals surface area contributed by atoms with E-state index in [2.05, 4.69) is 5.32 Å². The van der Waals surface area contributed by atoms with Gasteiger partial charge in [-0.15, -0.1) is 0 Å². The van der Waals surface area contributed by atoms with Gasteiger partial charge in [-0.25, -0.2) is 4.79 Å². The van der Waals surface area contributed by atoms with Crippen molar-refractivity contribution in [1.29, 1.82) is 0 Å². The normalized spacial score (nSPS) is 12.8. The number of carboxylic acid groups (broad SMARTS) is 2. The summed E-state index contributed by atoms with van der Waals surface area (Å²) in [7, 11) is 0. The van der Waals surface area contributed by atoms with Crippen LogP contribution >= 0.6 is 0 Å². The largest absolute Gasteiger partial charge is 0.481 e. The van der Waals surface area contributed by atoms with Crippen molar-refractivity contribution in [3.8, 4) is 0 Å². The number of hydrogen-bond acceptors (Lipinski definition) is 6. The molecule has 22 heavy (non-hydrogen) atoms. The van der Waals surface area contributed by atoms with E-state index in [1.54, 1.807) is 0 Å². The number of rotatable bonds is 10. The topological polar surface area (TPSA) is 202 Å². The van der Waals surface area contributed by atoms with E-state index in [1.807, 2.05) is 5.32 Å². The van der Waals surface area contributed by atoms with Crippen molar-refractivity contribution in [3.63, 3.8) is 0 Å². The molecule has 0 aliphatic heterocycles. The standard InChI is InChI=1S/C11H18N4O7/c12-4-8(17)14-5(1-2-9(18)19)10(20)15-6(11(21)22)3-7(13)16/h5-6H,1-4,12H2,(H2,13,16)(H,14,17)(H,15,20)(H,18,19)(H,21,22)/t5-,6-/m0/s1. The number of carbonyl (C=O) groups excluding carboxylic acids is 3. The Bertz CT molecular complexity index is 465. The maximum atomic E-state index is 11.9. The molecule has 11 nitrogen and oxygen atoms in total. The van der Waals surface area contributed by atoms with Crippen LogP contribution in [0.25, 0.3) is 0 Å². The van der Waals surface area contributed by atoms with E-state index >= 15 is 0 Å². The van der Waals surface area contributed by atoms with Crippen molar-refractivity contribution in [2.45, 2.75) is 31.3 Å². The van der Waals surface area contributed by atoms with Crippen molar-refractivity contribution >= 4 is 29.7 Å². The lowest BCUT2D eigenvalue weighted by Crippen LogP contribution is -2.53. The maximum Gasteiger partial charge on any atom is 0.326 e. The Morgan fingerprint density at radius 3 is 2.00 bits per heavy atom. The molecule has 0 aliphatic rings. The van der Waals surface area contributed by atoms with Crippen LogP contribution in [-0.2, 0) is 24.0 Å². The molecule has 0 rings (SSSR count). The Balaban J connectivity index is 4.90. The van der Waals surface area contributed by atoms with E-state index in [9.17, 15) is 24.0 Å². The van der Waals surface area contributed by atoms with Gasteiger partial charge in [0.05, 0.1) is 13.0 Å². The minimum absolute atomic E-state index is 0.268. The molecule has 3 amide bonds. The molecule has 8 N–H and O–H groups in total. The summed E-state index contributed by atoms with van der Waals surface area (Å²) in [5.74, 6) is -5.30. The molecule has 124 valence electrons. The van der Waals surface area contributed by atoms with E-state index in [1.165, 1.54) is 0 Å². The van der Waals surface area contributed by atoms with Crippen LogP contribution in [0.15, 0.2) is 0 Å². The molecular weight excluding hydrogens is 300 g/mol. The first-order valence-corrected chi connectivity index (χ1v) is 6.20. The Morgan fingerprint density at radius 1 is 1.00 bits per heavy atom. The lowest BCUT2D eigenvalue weighted by Gasteiger charge is -2.20. The molecule has 0 spiro atoms. The number of aliphatic carboxylic acids is 2. The smallest absolute Gasteiger partial charge is 0.326 e. The highest BCUT2D eigenvalue weighted by atomic mass is 16.4. The fourth-order valence-corrected chi connectivity index (χ4v) is 1.46. The average molecular weight is 318 g/mol. The molecule has 11 heteroatoms. The summed E-state index contributed by atoms with van der Waals surface area (Å²) in [6, 6.07) is -2.87. The molecule has 0 radical (unpaired) electrons. The van der Waals surface area contributed by atoms with Crippen molar-refractivity contribution < 1.29 is 34.2 Å². The number of carbonyl (C=O) groups is 5. The summed E-state index contributed by atoms with van der Waals surface area (Å²) >= 11 is 0. The van der Waals surface area contributed by atoms with E-state index in [0.717, 1.165) is 0 Å². The fourth-order valence-electron chi connectivity index (χ4n) is 1.46. The summed E-state index contributed by atoms with van der Waals surface area (Å²) in [6.07, 6.45) is -1.34. The van der Waals surface area contributed by atoms with Crippen molar-refractivity contribution in [1.82, 2.24) is 10.6 Å². The molecule has 0 aromatic heterocycles. The van der Waals surface area contributed by atoms with E-state index in [0.29, 0.717) is 0 Å². The van der Waals surface area contributed by atoms with Gasteiger partial charge in [-0.2, -0.15) is 0 Å². The Morgan fingerprint density at radius 2 is 1.59 bits per heavy atom. The van der Waals surface area contributed by atoms with Gasteiger partial charge in [-0.1, -0.05) is 0 Å². The zero-order chi connectivity index (χ0) is 17.3. The van der Waals surface area contributed by atoms with Gasteiger partial charge in [-0.3, -0.25) is 19.2 Å². The molecule has 2 atom stereocenters. The fraction of sp³-hybridized carbons (Fsp3) is 0.545. The summed E-state index contributed by atoms with van der Waals surface area (Å²) in [6.45, 7) is -0.430. The molecular formula is C11H18N4O7. The molecule has 0 aromatic rings. The first-order valence-electron chi connectivity index (χ1n) is 6.20. The highest BCUT2D eigenvalue weighted by Gasteiger charge is 2.27. The maximum absolute atomic E-state index is 11.9. The molecule has 0 saturated carbocycles.